The fourth-order valence-corrected chi connectivity index (χ4v) is 2.73. The molecule has 0 amide bonds. The molecule has 0 aromatic heterocycles. The molecule has 0 unspecified atom stereocenters. The van der Waals surface area contributed by atoms with E-state index in [2.05, 4.69) is 19.2 Å². The Morgan fingerprint density at radius 3 is 2.65 bits per heavy atom. The van der Waals surface area contributed by atoms with Gasteiger partial charge in [-0.15, -0.1) is 0 Å². The summed E-state index contributed by atoms with van der Waals surface area (Å²) in [5.41, 5.74) is 1.00. The maximum absolute atomic E-state index is 6.30. The van der Waals surface area contributed by atoms with Crippen molar-refractivity contribution in [2.45, 2.75) is 45.4 Å². The van der Waals surface area contributed by atoms with Crippen molar-refractivity contribution in [1.29, 1.82) is 0 Å². The van der Waals surface area contributed by atoms with Gasteiger partial charge in [-0.1, -0.05) is 37.0 Å². The summed E-state index contributed by atoms with van der Waals surface area (Å²) in [5, 5.41) is 4.58. The molecule has 1 N–H and O–H groups in total. The van der Waals surface area contributed by atoms with Crippen LogP contribution in [0.3, 0.4) is 0 Å². The number of hydrogen-bond donors (Lipinski definition) is 1. The predicted octanol–water partition coefficient (Wildman–Crippen LogP) is 4.05. The predicted molar refractivity (Wildman–Crippen MR) is 82.9 cm³/mol. The summed E-state index contributed by atoms with van der Waals surface area (Å²) in [4.78, 5) is 0. The zero-order valence-electron chi connectivity index (χ0n) is 11.9. The third kappa shape index (κ3) is 4.52. The summed E-state index contributed by atoms with van der Waals surface area (Å²) in [6.07, 6.45) is 1.96. The minimum absolute atomic E-state index is 0.167. The van der Waals surface area contributed by atoms with E-state index >= 15 is 0 Å². The Hall–Kier alpha value is -0.480. The second kappa shape index (κ2) is 7.51. The van der Waals surface area contributed by atoms with Crippen LogP contribution in [0.2, 0.25) is 10.0 Å². The third-order valence-electron chi connectivity index (χ3n) is 3.24. The van der Waals surface area contributed by atoms with Crippen LogP contribution in [-0.4, -0.2) is 25.4 Å². The van der Waals surface area contributed by atoms with Crippen molar-refractivity contribution < 1.29 is 9.47 Å². The molecule has 3 nitrogen and oxygen atoms in total. The molecule has 1 aromatic rings. The smallest absolute Gasteiger partial charge is 0.142 e. The molecule has 0 aliphatic carbocycles. The molecule has 20 heavy (non-hydrogen) atoms. The molecule has 0 saturated carbocycles. The maximum Gasteiger partial charge on any atom is 0.142 e. The number of benzene rings is 1. The summed E-state index contributed by atoms with van der Waals surface area (Å²) in [6.45, 7) is 6.39. The van der Waals surface area contributed by atoms with Crippen molar-refractivity contribution in [3.8, 4) is 5.75 Å². The Bertz CT molecular complexity index is 446. The lowest BCUT2D eigenvalue weighted by Crippen LogP contribution is -2.27. The van der Waals surface area contributed by atoms with Crippen LogP contribution >= 0.6 is 23.2 Å². The molecule has 1 saturated heterocycles. The minimum atomic E-state index is 0.167. The molecule has 2 rings (SSSR count). The zero-order valence-corrected chi connectivity index (χ0v) is 13.4. The highest BCUT2D eigenvalue weighted by molar-refractivity contribution is 6.35. The highest BCUT2D eigenvalue weighted by atomic mass is 35.5. The summed E-state index contributed by atoms with van der Waals surface area (Å²) < 4.78 is 11.4. The Morgan fingerprint density at radius 1 is 1.30 bits per heavy atom. The lowest BCUT2D eigenvalue weighted by atomic mass is 10.1. The van der Waals surface area contributed by atoms with Crippen molar-refractivity contribution in [3.63, 3.8) is 0 Å². The molecule has 0 atom stereocenters. The molecule has 1 aliphatic rings. The topological polar surface area (TPSA) is 30.5 Å². The van der Waals surface area contributed by atoms with Crippen LogP contribution < -0.4 is 10.1 Å². The van der Waals surface area contributed by atoms with Crippen molar-refractivity contribution in [2.75, 3.05) is 13.2 Å². The van der Waals surface area contributed by atoms with Crippen molar-refractivity contribution >= 4 is 23.2 Å². The van der Waals surface area contributed by atoms with Gasteiger partial charge in [0.1, 0.15) is 11.9 Å². The summed E-state index contributed by atoms with van der Waals surface area (Å²) in [7, 11) is 0. The van der Waals surface area contributed by atoms with Crippen molar-refractivity contribution in [2.24, 2.45) is 0 Å². The van der Waals surface area contributed by atoms with Gasteiger partial charge in [-0.2, -0.15) is 0 Å². The van der Waals surface area contributed by atoms with Gasteiger partial charge in [0.2, 0.25) is 0 Å². The van der Waals surface area contributed by atoms with E-state index in [-0.39, 0.29) is 6.10 Å². The first-order valence-electron chi connectivity index (χ1n) is 7.02. The Kier molecular flexibility index (Phi) is 5.97. The number of rotatable bonds is 5. The zero-order chi connectivity index (χ0) is 14.5. The largest absolute Gasteiger partial charge is 0.488 e. The first kappa shape index (κ1) is 15.9. The van der Waals surface area contributed by atoms with Gasteiger partial charge < -0.3 is 14.8 Å². The first-order valence-corrected chi connectivity index (χ1v) is 7.77. The van der Waals surface area contributed by atoms with Crippen LogP contribution in [-0.2, 0) is 11.3 Å². The Labute approximate surface area is 130 Å². The van der Waals surface area contributed by atoms with Crippen LogP contribution in [0, 0.1) is 0 Å². The SMILES string of the molecule is CC(C)NCc1cc(Cl)cc(Cl)c1OC1CCOCC1. The van der Waals surface area contributed by atoms with E-state index in [0.717, 1.165) is 37.4 Å². The van der Waals surface area contributed by atoms with Gasteiger partial charge in [0.05, 0.1) is 18.2 Å². The molecule has 1 heterocycles. The third-order valence-corrected chi connectivity index (χ3v) is 3.74. The number of halogens is 2. The lowest BCUT2D eigenvalue weighted by Gasteiger charge is -2.25. The van der Waals surface area contributed by atoms with Crippen LogP contribution in [0.4, 0.5) is 0 Å². The number of nitrogens with one attached hydrogen (secondary N) is 1. The highest BCUT2D eigenvalue weighted by Crippen LogP contribution is 2.34. The van der Waals surface area contributed by atoms with Crippen LogP contribution in [0.1, 0.15) is 32.3 Å². The summed E-state index contributed by atoms with van der Waals surface area (Å²) >= 11 is 12.4. The highest BCUT2D eigenvalue weighted by Gasteiger charge is 2.19. The summed E-state index contributed by atoms with van der Waals surface area (Å²) in [5.74, 6) is 0.746. The average Bonchev–Trinajstić information content (AvgIpc) is 2.41. The van der Waals surface area contributed by atoms with E-state index in [9.17, 15) is 0 Å². The van der Waals surface area contributed by atoms with E-state index in [4.69, 9.17) is 32.7 Å². The second-order valence-electron chi connectivity index (χ2n) is 5.34. The fraction of sp³-hybridized carbons (Fsp3) is 0.600. The van der Waals surface area contributed by atoms with Crippen molar-refractivity contribution in [3.05, 3.63) is 27.7 Å². The van der Waals surface area contributed by atoms with E-state index < -0.39 is 0 Å². The van der Waals surface area contributed by atoms with E-state index in [1.807, 2.05) is 6.07 Å². The van der Waals surface area contributed by atoms with Gasteiger partial charge in [-0.25, -0.2) is 0 Å². The minimum Gasteiger partial charge on any atom is -0.488 e. The van der Waals surface area contributed by atoms with Crippen LogP contribution in [0.5, 0.6) is 5.75 Å². The molecular weight excluding hydrogens is 297 g/mol. The molecular formula is C15H21Cl2NO2. The Balaban J connectivity index is 2.15. The molecule has 1 aliphatic heterocycles. The normalized spacial score (nSPS) is 16.6. The van der Waals surface area contributed by atoms with Crippen LogP contribution in [0.25, 0.3) is 0 Å². The van der Waals surface area contributed by atoms with E-state index in [1.54, 1.807) is 6.07 Å². The van der Waals surface area contributed by atoms with Gasteiger partial charge in [-0.05, 0) is 12.1 Å². The molecule has 0 radical (unpaired) electrons. The fourth-order valence-electron chi connectivity index (χ4n) is 2.15. The molecule has 1 aromatic carbocycles. The quantitative estimate of drug-likeness (QED) is 0.888. The monoisotopic (exact) mass is 317 g/mol. The average molecular weight is 318 g/mol. The van der Waals surface area contributed by atoms with Gasteiger partial charge in [0, 0.05) is 36.0 Å². The molecule has 0 bridgehead atoms. The number of ether oxygens (including phenoxy) is 2. The maximum atomic E-state index is 6.30. The first-order chi connectivity index (χ1) is 9.56. The molecule has 0 spiro atoms. The second-order valence-corrected chi connectivity index (χ2v) is 6.18. The van der Waals surface area contributed by atoms with Gasteiger partial charge >= 0.3 is 0 Å². The lowest BCUT2D eigenvalue weighted by molar-refractivity contribution is 0.0252. The summed E-state index contributed by atoms with van der Waals surface area (Å²) in [6, 6.07) is 4.04. The standard InChI is InChI=1S/C15H21Cl2NO2/c1-10(2)18-9-11-7-12(16)8-14(17)15(11)20-13-3-5-19-6-4-13/h7-8,10,13,18H,3-6,9H2,1-2H3. The van der Waals surface area contributed by atoms with Gasteiger partial charge in [0.15, 0.2) is 0 Å². The van der Waals surface area contributed by atoms with E-state index in [1.165, 1.54) is 0 Å². The van der Waals surface area contributed by atoms with Crippen LogP contribution in [0.15, 0.2) is 12.1 Å². The molecule has 5 heteroatoms. The van der Waals surface area contributed by atoms with E-state index in [0.29, 0.717) is 22.6 Å². The Morgan fingerprint density at radius 2 is 2.00 bits per heavy atom. The molecule has 1 fully saturated rings. The van der Waals surface area contributed by atoms with Gasteiger partial charge in [0.25, 0.3) is 0 Å². The number of hydrogen-bond acceptors (Lipinski definition) is 3. The van der Waals surface area contributed by atoms with Crippen molar-refractivity contribution in [1.82, 2.24) is 5.32 Å². The molecule has 112 valence electrons. The van der Waals surface area contributed by atoms with Gasteiger partial charge in [-0.3, -0.25) is 0 Å².